The summed E-state index contributed by atoms with van der Waals surface area (Å²) in [6.07, 6.45) is 0.0184. The van der Waals surface area contributed by atoms with Gasteiger partial charge >= 0.3 is 5.97 Å². The van der Waals surface area contributed by atoms with E-state index in [9.17, 15) is 9.59 Å². The molecule has 0 amide bonds. The molecule has 0 aliphatic rings. The fourth-order valence-corrected chi connectivity index (χ4v) is 1.70. The van der Waals surface area contributed by atoms with Crippen LogP contribution in [-0.4, -0.2) is 22.8 Å². The molecule has 1 N–H and O–H groups in total. The van der Waals surface area contributed by atoms with Gasteiger partial charge in [-0.3, -0.25) is 9.59 Å². The third-order valence-corrected chi connectivity index (χ3v) is 2.57. The maximum Gasteiger partial charge on any atom is 0.312 e. The van der Waals surface area contributed by atoms with E-state index in [1.54, 1.807) is 31.2 Å². The highest BCUT2D eigenvalue weighted by Gasteiger charge is 2.11. The molecule has 0 fully saturated rings. The van der Waals surface area contributed by atoms with E-state index in [0.29, 0.717) is 16.5 Å². The van der Waals surface area contributed by atoms with Gasteiger partial charge in [-0.25, -0.2) is 5.10 Å². The number of hydrogen-bond donors (Lipinski definition) is 1. The quantitative estimate of drug-likeness (QED) is 0.667. The molecule has 0 bridgehead atoms. The number of aromatic nitrogens is 2. The van der Waals surface area contributed by atoms with Crippen LogP contribution in [0.25, 0.3) is 10.8 Å². The molecular formula is C14H14N2O3. The first kappa shape index (κ1) is 13.0. The summed E-state index contributed by atoms with van der Waals surface area (Å²) < 4.78 is 5.02. The van der Waals surface area contributed by atoms with Crippen LogP contribution in [0.3, 0.4) is 0 Å². The molecule has 2 aromatic rings. The van der Waals surface area contributed by atoms with Crippen molar-refractivity contribution >= 4 is 16.7 Å². The third-order valence-electron chi connectivity index (χ3n) is 2.57. The van der Waals surface area contributed by atoms with Crippen LogP contribution in [0.5, 0.6) is 0 Å². The second-order valence-corrected chi connectivity index (χ2v) is 4.34. The van der Waals surface area contributed by atoms with Crippen molar-refractivity contribution in [2.75, 3.05) is 6.61 Å². The monoisotopic (exact) mass is 258 g/mol. The molecule has 0 atom stereocenters. The van der Waals surface area contributed by atoms with Gasteiger partial charge in [0.25, 0.3) is 5.56 Å². The van der Waals surface area contributed by atoms with E-state index in [2.05, 4.69) is 16.8 Å². The lowest BCUT2D eigenvalue weighted by atomic mass is 10.1. The van der Waals surface area contributed by atoms with E-state index in [1.165, 1.54) is 0 Å². The Morgan fingerprint density at radius 1 is 1.37 bits per heavy atom. The normalized spacial score (nSPS) is 10.4. The first-order valence-corrected chi connectivity index (χ1v) is 5.84. The number of esters is 1. The average Bonchev–Trinajstić information content (AvgIpc) is 2.40. The molecule has 98 valence electrons. The summed E-state index contributed by atoms with van der Waals surface area (Å²) in [5.41, 5.74) is 1.00. The predicted molar refractivity (Wildman–Crippen MR) is 71.8 cm³/mol. The van der Waals surface area contributed by atoms with E-state index in [-0.39, 0.29) is 18.6 Å². The summed E-state index contributed by atoms with van der Waals surface area (Å²) in [6.45, 7) is 5.63. The van der Waals surface area contributed by atoms with Crippen molar-refractivity contribution in [3.05, 3.63) is 52.5 Å². The molecule has 5 nitrogen and oxygen atoms in total. The van der Waals surface area contributed by atoms with Crippen LogP contribution in [0.4, 0.5) is 0 Å². The number of benzene rings is 1. The molecular weight excluding hydrogens is 244 g/mol. The standard InChI is InChI=1S/C14H14N2O3/c1-9(2)8-19-13(17)7-12-10-5-3-4-6-11(10)14(18)16-15-12/h3-6H,1,7-8H2,2H3,(H,16,18). The van der Waals surface area contributed by atoms with Gasteiger partial charge in [0.1, 0.15) is 6.61 Å². The summed E-state index contributed by atoms with van der Waals surface area (Å²) in [5, 5.41) is 7.47. The van der Waals surface area contributed by atoms with Gasteiger partial charge in [-0.2, -0.15) is 5.10 Å². The zero-order valence-electron chi connectivity index (χ0n) is 10.6. The summed E-state index contributed by atoms with van der Waals surface area (Å²) in [6, 6.07) is 7.02. The average molecular weight is 258 g/mol. The highest BCUT2D eigenvalue weighted by Crippen LogP contribution is 2.13. The molecule has 5 heteroatoms. The van der Waals surface area contributed by atoms with Crippen LogP contribution in [0.2, 0.25) is 0 Å². The van der Waals surface area contributed by atoms with E-state index >= 15 is 0 Å². The minimum absolute atomic E-state index is 0.0184. The summed E-state index contributed by atoms with van der Waals surface area (Å²) in [4.78, 5) is 23.2. The van der Waals surface area contributed by atoms with Gasteiger partial charge in [-0.05, 0) is 18.6 Å². The highest BCUT2D eigenvalue weighted by molar-refractivity contribution is 5.86. The SMILES string of the molecule is C=C(C)COC(=O)Cc1n[nH]c(=O)c2ccccc12. The molecule has 1 heterocycles. The Morgan fingerprint density at radius 3 is 2.74 bits per heavy atom. The molecule has 19 heavy (non-hydrogen) atoms. The maximum absolute atomic E-state index is 11.7. The van der Waals surface area contributed by atoms with E-state index < -0.39 is 5.97 Å². The number of carbonyl (C=O) groups is 1. The van der Waals surface area contributed by atoms with Crippen molar-refractivity contribution in [1.29, 1.82) is 0 Å². The molecule has 0 saturated heterocycles. The smallest absolute Gasteiger partial charge is 0.312 e. The van der Waals surface area contributed by atoms with E-state index in [0.717, 1.165) is 5.57 Å². The van der Waals surface area contributed by atoms with Gasteiger partial charge in [0.2, 0.25) is 0 Å². The fourth-order valence-electron chi connectivity index (χ4n) is 1.70. The Labute approximate surface area is 109 Å². The molecule has 2 rings (SSSR count). The zero-order chi connectivity index (χ0) is 13.8. The number of fused-ring (bicyclic) bond motifs is 1. The Bertz CT molecular complexity index is 688. The highest BCUT2D eigenvalue weighted by atomic mass is 16.5. The van der Waals surface area contributed by atoms with Crippen LogP contribution in [0, 0.1) is 0 Å². The molecule has 0 spiro atoms. The fraction of sp³-hybridized carbons (Fsp3) is 0.214. The number of H-pyrrole nitrogens is 1. The Kier molecular flexibility index (Phi) is 3.75. The molecule has 1 aromatic heterocycles. The second-order valence-electron chi connectivity index (χ2n) is 4.34. The second kappa shape index (κ2) is 5.48. The van der Waals surface area contributed by atoms with Crippen molar-refractivity contribution in [3.8, 4) is 0 Å². The lowest BCUT2D eigenvalue weighted by molar-refractivity contribution is -0.141. The first-order chi connectivity index (χ1) is 9.08. The minimum atomic E-state index is -0.396. The first-order valence-electron chi connectivity index (χ1n) is 5.84. The van der Waals surface area contributed by atoms with Gasteiger partial charge in [0.15, 0.2) is 0 Å². The van der Waals surface area contributed by atoms with Crippen molar-refractivity contribution < 1.29 is 9.53 Å². The predicted octanol–water partition coefficient (Wildman–Crippen LogP) is 1.58. The number of hydrogen-bond acceptors (Lipinski definition) is 4. The number of carbonyl (C=O) groups excluding carboxylic acids is 1. The number of rotatable bonds is 4. The van der Waals surface area contributed by atoms with Crippen LogP contribution >= 0.6 is 0 Å². The number of nitrogens with one attached hydrogen (secondary N) is 1. The van der Waals surface area contributed by atoms with Crippen LogP contribution in [0.1, 0.15) is 12.6 Å². The number of ether oxygens (including phenoxy) is 1. The third kappa shape index (κ3) is 3.07. The Morgan fingerprint density at radius 2 is 2.05 bits per heavy atom. The zero-order valence-corrected chi connectivity index (χ0v) is 10.6. The summed E-state index contributed by atoms with van der Waals surface area (Å²) in [5.74, 6) is -0.396. The Balaban J connectivity index is 2.26. The van der Waals surface area contributed by atoms with Crippen molar-refractivity contribution in [2.45, 2.75) is 13.3 Å². The molecule has 0 saturated carbocycles. The van der Waals surface area contributed by atoms with Crippen LogP contribution in [-0.2, 0) is 16.0 Å². The van der Waals surface area contributed by atoms with E-state index in [1.807, 2.05) is 0 Å². The molecule has 1 aromatic carbocycles. The van der Waals surface area contributed by atoms with E-state index in [4.69, 9.17) is 4.74 Å². The summed E-state index contributed by atoms with van der Waals surface area (Å²) in [7, 11) is 0. The van der Waals surface area contributed by atoms with Gasteiger partial charge in [0, 0.05) is 5.39 Å². The molecule has 0 aliphatic carbocycles. The van der Waals surface area contributed by atoms with Crippen LogP contribution < -0.4 is 5.56 Å². The van der Waals surface area contributed by atoms with Crippen molar-refractivity contribution in [1.82, 2.24) is 10.2 Å². The molecule has 0 radical (unpaired) electrons. The molecule has 0 aliphatic heterocycles. The van der Waals surface area contributed by atoms with Gasteiger partial charge < -0.3 is 4.74 Å². The largest absolute Gasteiger partial charge is 0.461 e. The summed E-state index contributed by atoms with van der Waals surface area (Å²) >= 11 is 0. The van der Waals surface area contributed by atoms with Gasteiger partial charge in [-0.15, -0.1) is 0 Å². The number of aromatic amines is 1. The Hall–Kier alpha value is -2.43. The lowest BCUT2D eigenvalue weighted by Gasteiger charge is -2.05. The lowest BCUT2D eigenvalue weighted by Crippen LogP contribution is -2.15. The maximum atomic E-state index is 11.7. The van der Waals surface area contributed by atoms with Crippen LogP contribution in [0.15, 0.2) is 41.2 Å². The van der Waals surface area contributed by atoms with Gasteiger partial charge in [-0.1, -0.05) is 24.8 Å². The number of nitrogens with zero attached hydrogens (tertiary/aromatic N) is 1. The topological polar surface area (TPSA) is 72.0 Å². The van der Waals surface area contributed by atoms with Gasteiger partial charge in [0.05, 0.1) is 17.5 Å². The van der Waals surface area contributed by atoms with Crippen molar-refractivity contribution in [3.63, 3.8) is 0 Å². The minimum Gasteiger partial charge on any atom is -0.461 e. The molecule has 0 unspecified atom stereocenters. The van der Waals surface area contributed by atoms with Crippen molar-refractivity contribution in [2.24, 2.45) is 0 Å².